The molecule has 82 valence electrons. The maximum Gasteiger partial charge on any atom is 0.416 e. The molecule has 1 rings (SSSR count). The maximum atomic E-state index is 12.5. The van der Waals surface area contributed by atoms with Gasteiger partial charge in [-0.2, -0.15) is 13.2 Å². The Morgan fingerprint density at radius 3 is 2.47 bits per heavy atom. The standard InChI is InChI=1S/C10H11F3N2/c1-7(14)15-6-8-4-2-3-5-9(8)10(11,12)13/h2-5H,6H2,1H3,(H2,14,15). The summed E-state index contributed by atoms with van der Waals surface area (Å²) >= 11 is 0. The van der Waals surface area contributed by atoms with Crippen LogP contribution in [0.25, 0.3) is 0 Å². The van der Waals surface area contributed by atoms with Crippen LogP contribution >= 0.6 is 0 Å². The van der Waals surface area contributed by atoms with Gasteiger partial charge in [-0.1, -0.05) is 18.2 Å². The molecular weight excluding hydrogens is 205 g/mol. The second-order valence-corrected chi connectivity index (χ2v) is 3.11. The Labute approximate surface area is 85.6 Å². The number of benzene rings is 1. The minimum absolute atomic E-state index is 0.0436. The van der Waals surface area contributed by atoms with E-state index < -0.39 is 11.7 Å². The van der Waals surface area contributed by atoms with Crippen molar-refractivity contribution in [3.05, 3.63) is 35.4 Å². The van der Waals surface area contributed by atoms with Gasteiger partial charge in [-0.05, 0) is 18.6 Å². The number of aliphatic imine (C=N–C) groups is 1. The zero-order valence-corrected chi connectivity index (χ0v) is 8.17. The molecule has 0 aliphatic heterocycles. The molecule has 0 saturated carbocycles. The monoisotopic (exact) mass is 216 g/mol. The Bertz CT molecular complexity index is 365. The maximum absolute atomic E-state index is 12.5. The minimum Gasteiger partial charge on any atom is -0.388 e. The van der Waals surface area contributed by atoms with Crippen LogP contribution in [-0.2, 0) is 12.7 Å². The fourth-order valence-electron chi connectivity index (χ4n) is 1.14. The third kappa shape index (κ3) is 3.27. The second kappa shape index (κ2) is 4.33. The van der Waals surface area contributed by atoms with Crippen LogP contribution in [-0.4, -0.2) is 5.84 Å². The number of nitrogens with zero attached hydrogens (tertiary/aromatic N) is 1. The zero-order chi connectivity index (χ0) is 11.5. The van der Waals surface area contributed by atoms with Gasteiger partial charge >= 0.3 is 6.18 Å². The van der Waals surface area contributed by atoms with Crippen LogP contribution in [0.1, 0.15) is 18.1 Å². The van der Waals surface area contributed by atoms with Gasteiger partial charge in [0.1, 0.15) is 0 Å². The summed E-state index contributed by atoms with van der Waals surface area (Å²) in [6.07, 6.45) is -4.34. The summed E-state index contributed by atoms with van der Waals surface area (Å²) in [7, 11) is 0. The van der Waals surface area contributed by atoms with E-state index in [0.29, 0.717) is 0 Å². The first-order valence-corrected chi connectivity index (χ1v) is 4.33. The summed E-state index contributed by atoms with van der Waals surface area (Å²) < 4.78 is 37.5. The van der Waals surface area contributed by atoms with E-state index in [4.69, 9.17) is 5.73 Å². The lowest BCUT2D eigenvalue weighted by atomic mass is 10.1. The van der Waals surface area contributed by atoms with Crippen molar-refractivity contribution in [2.75, 3.05) is 0 Å². The van der Waals surface area contributed by atoms with Gasteiger partial charge in [-0.25, -0.2) is 0 Å². The molecule has 0 aromatic heterocycles. The predicted octanol–water partition coefficient (Wildman–Crippen LogP) is 2.58. The molecule has 0 aliphatic rings. The molecule has 0 bridgehead atoms. The fraction of sp³-hybridized carbons (Fsp3) is 0.300. The molecule has 0 radical (unpaired) electrons. The summed E-state index contributed by atoms with van der Waals surface area (Å²) in [5.41, 5.74) is 4.74. The van der Waals surface area contributed by atoms with Gasteiger partial charge in [-0.15, -0.1) is 0 Å². The average molecular weight is 216 g/mol. The first kappa shape index (κ1) is 11.6. The zero-order valence-electron chi connectivity index (χ0n) is 8.17. The number of hydrogen-bond donors (Lipinski definition) is 1. The van der Waals surface area contributed by atoms with Gasteiger partial charge in [0.2, 0.25) is 0 Å². The summed E-state index contributed by atoms with van der Waals surface area (Å²) in [4.78, 5) is 3.76. The van der Waals surface area contributed by atoms with Crippen molar-refractivity contribution in [2.24, 2.45) is 10.7 Å². The minimum atomic E-state index is -4.34. The van der Waals surface area contributed by atoms with E-state index in [2.05, 4.69) is 4.99 Å². The lowest BCUT2D eigenvalue weighted by Crippen LogP contribution is -2.10. The molecule has 0 heterocycles. The second-order valence-electron chi connectivity index (χ2n) is 3.11. The molecule has 0 unspecified atom stereocenters. The molecular formula is C10H11F3N2. The lowest BCUT2D eigenvalue weighted by molar-refractivity contribution is -0.138. The van der Waals surface area contributed by atoms with Gasteiger partial charge < -0.3 is 5.73 Å². The van der Waals surface area contributed by atoms with E-state index in [1.54, 1.807) is 6.07 Å². The van der Waals surface area contributed by atoms with Crippen molar-refractivity contribution in [1.82, 2.24) is 0 Å². The Kier molecular flexibility index (Phi) is 3.34. The van der Waals surface area contributed by atoms with Gasteiger partial charge in [0.05, 0.1) is 17.9 Å². The van der Waals surface area contributed by atoms with Crippen molar-refractivity contribution in [3.63, 3.8) is 0 Å². The lowest BCUT2D eigenvalue weighted by Gasteiger charge is -2.10. The molecule has 0 amide bonds. The van der Waals surface area contributed by atoms with Crippen molar-refractivity contribution in [3.8, 4) is 0 Å². The van der Waals surface area contributed by atoms with Crippen LogP contribution in [0.2, 0.25) is 0 Å². The normalized spacial score (nSPS) is 12.9. The molecule has 0 fully saturated rings. The van der Waals surface area contributed by atoms with E-state index in [1.807, 2.05) is 0 Å². The Morgan fingerprint density at radius 2 is 1.93 bits per heavy atom. The summed E-state index contributed by atoms with van der Waals surface area (Å²) in [5, 5.41) is 0. The molecule has 15 heavy (non-hydrogen) atoms. The van der Waals surface area contributed by atoms with E-state index >= 15 is 0 Å². The smallest absolute Gasteiger partial charge is 0.388 e. The van der Waals surface area contributed by atoms with Crippen LogP contribution in [0.5, 0.6) is 0 Å². The van der Waals surface area contributed by atoms with Crippen molar-refractivity contribution in [2.45, 2.75) is 19.6 Å². The highest BCUT2D eigenvalue weighted by molar-refractivity contribution is 5.77. The highest BCUT2D eigenvalue weighted by Crippen LogP contribution is 2.31. The van der Waals surface area contributed by atoms with Gasteiger partial charge in [0.15, 0.2) is 0 Å². The van der Waals surface area contributed by atoms with Crippen LogP contribution in [0.3, 0.4) is 0 Å². The van der Waals surface area contributed by atoms with Gasteiger partial charge in [-0.3, -0.25) is 4.99 Å². The summed E-state index contributed by atoms with van der Waals surface area (Å²) in [6.45, 7) is 1.49. The molecule has 0 aliphatic carbocycles. The Balaban J connectivity index is 3.02. The molecule has 2 nitrogen and oxygen atoms in total. The Hall–Kier alpha value is -1.52. The highest BCUT2D eigenvalue weighted by Gasteiger charge is 2.32. The molecule has 0 saturated heterocycles. The van der Waals surface area contributed by atoms with Gasteiger partial charge in [0.25, 0.3) is 0 Å². The van der Waals surface area contributed by atoms with Crippen molar-refractivity contribution in [1.29, 1.82) is 0 Å². The largest absolute Gasteiger partial charge is 0.416 e. The molecule has 1 aromatic carbocycles. The first-order valence-electron chi connectivity index (χ1n) is 4.33. The average Bonchev–Trinajstić information content (AvgIpc) is 2.13. The van der Waals surface area contributed by atoms with E-state index in [-0.39, 0.29) is 17.9 Å². The summed E-state index contributed by atoms with van der Waals surface area (Å²) in [6, 6.07) is 5.34. The van der Waals surface area contributed by atoms with Crippen molar-refractivity contribution >= 4 is 5.84 Å². The van der Waals surface area contributed by atoms with Crippen LogP contribution < -0.4 is 5.73 Å². The van der Waals surface area contributed by atoms with Crippen LogP contribution in [0.15, 0.2) is 29.3 Å². The molecule has 1 aromatic rings. The third-order valence-corrected chi connectivity index (χ3v) is 1.82. The number of rotatable bonds is 2. The number of amidine groups is 1. The van der Waals surface area contributed by atoms with E-state index in [1.165, 1.54) is 19.1 Å². The molecule has 0 spiro atoms. The first-order chi connectivity index (χ1) is 6.91. The van der Waals surface area contributed by atoms with E-state index in [0.717, 1.165) is 6.07 Å². The Morgan fingerprint density at radius 1 is 1.33 bits per heavy atom. The third-order valence-electron chi connectivity index (χ3n) is 1.82. The highest BCUT2D eigenvalue weighted by atomic mass is 19.4. The number of nitrogens with two attached hydrogens (primary N) is 1. The van der Waals surface area contributed by atoms with Crippen molar-refractivity contribution < 1.29 is 13.2 Å². The topological polar surface area (TPSA) is 38.4 Å². The van der Waals surface area contributed by atoms with Gasteiger partial charge in [0, 0.05) is 0 Å². The predicted molar refractivity (Wildman–Crippen MR) is 52.4 cm³/mol. The number of hydrogen-bond acceptors (Lipinski definition) is 1. The van der Waals surface area contributed by atoms with Crippen LogP contribution in [0, 0.1) is 0 Å². The fourth-order valence-corrected chi connectivity index (χ4v) is 1.14. The summed E-state index contributed by atoms with van der Waals surface area (Å²) in [5.74, 6) is 0.270. The molecule has 2 N–H and O–H groups in total. The van der Waals surface area contributed by atoms with Crippen LogP contribution in [0.4, 0.5) is 13.2 Å². The number of alkyl halides is 3. The quantitative estimate of drug-likeness (QED) is 0.598. The molecule has 5 heteroatoms. The van der Waals surface area contributed by atoms with E-state index in [9.17, 15) is 13.2 Å². The SMILES string of the molecule is CC(N)=NCc1ccccc1C(F)(F)F. The molecule has 0 atom stereocenters. The number of halogens is 3.